The average molecular weight is 891 g/mol. The summed E-state index contributed by atoms with van der Waals surface area (Å²) in [5.41, 5.74) is 18.8. The van der Waals surface area contributed by atoms with E-state index in [0.717, 1.165) is 34.1 Å². The maximum atomic E-state index is 2.54. The fourth-order valence-electron chi connectivity index (χ4n) is 11.9. The predicted octanol–water partition coefficient (Wildman–Crippen LogP) is 18.3. The second-order valence-corrected chi connectivity index (χ2v) is 18.4. The molecule has 4 aromatic heterocycles. The van der Waals surface area contributed by atoms with Crippen LogP contribution < -0.4 is 9.80 Å². The molecule has 0 atom stereocenters. The maximum Gasteiger partial charge on any atom is 0.0641 e. The van der Waals surface area contributed by atoms with E-state index >= 15 is 0 Å². The van der Waals surface area contributed by atoms with E-state index in [-0.39, 0.29) is 0 Å². The molecule has 4 nitrogen and oxygen atoms in total. The van der Waals surface area contributed by atoms with Gasteiger partial charge in [-0.3, -0.25) is 0 Å². The van der Waals surface area contributed by atoms with Crippen LogP contribution in [0.5, 0.6) is 0 Å². The van der Waals surface area contributed by atoms with Crippen molar-refractivity contribution in [2.24, 2.45) is 0 Å². The third kappa shape index (κ3) is 5.47. The Bertz CT molecular complexity index is 4170. The molecule has 0 aliphatic carbocycles. The highest BCUT2D eigenvalue weighted by atomic mass is 15.2. The first-order chi connectivity index (χ1) is 34.8. The van der Waals surface area contributed by atoms with Crippen LogP contribution in [0.4, 0.5) is 34.1 Å². The van der Waals surface area contributed by atoms with Crippen molar-refractivity contribution in [3.05, 3.63) is 255 Å². The molecule has 0 N–H and O–H groups in total. The van der Waals surface area contributed by atoms with Crippen LogP contribution >= 0.6 is 0 Å². The van der Waals surface area contributed by atoms with Gasteiger partial charge in [0.1, 0.15) is 0 Å². The number of rotatable bonds is 8. The smallest absolute Gasteiger partial charge is 0.0641 e. The minimum absolute atomic E-state index is 1.11. The van der Waals surface area contributed by atoms with Crippen LogP contribution in [0, 0.1) is 0 Å². The predicted molar refractivity (Wildman–Crippen MR) is 296 cm³/mol. The Morgan fingerprint density at radius 2 is 0.600 bits per heavy atom. The molecule has 11 aromatic carbocycles. The molecule has 0 bridgehead atoms. The highest BCUT2D eigenvalue weighted by molar-refractivity contribution is 6.32. The number of nitrogens with zero attached hydrogens (tertiary/aromatic N) is 4. The molecule has 0 spiro atoms. The normalized spacial score (nSPS) is 12.0. The molecule has 4 heterocycles. The fraction of sp³-hybridized carbons (Fsp3) is 0. The van der Waals surface area contributed by atoms with Crippen LogP contribution in [-0.2, 0) is 0 Å². The van der Waals surface area contributed by atoms with E-state index in [2.05, 4.69) is 273 Å². The first-order valence-electron chi connectivity index (χ1n) is 24.1. The summed E-state index contributed by atoms with van der Waals surface area (Å²) in [6, 6.07) is 93.2. The van der Waals surface area contributed by atoms with Crippen molar-refractivity contribution in [1.82, 2.24) is 8.80 Å². The Labute approximate surface area is 404 Å². The van der Waals surface area contributed by atoms with E-state index < -0.39 is 0 Å². The maximum absolute atomic E-state index is 2.54. The number of hydrogen-bond acceptors (Lipinski definition) is 2. The molecule has 0 radical (unpaired) electrons. The standard InChI is InChI=1S/C66H42N4/c1-5-21-43(22-6-1)47-29-13-17-33-55(47)67(45-25-9-3-10-26-45)59-39-37-49-53-41-62-54(42-61(53)69-57-35-19-15-31-51(57)63(59)65(49)69)50-38-40-60(64-52-32-16-20-36-58(52)70(62)66(50)64)68(46-27-11-4-12-28-46)56-34-18-14-30-48(56)44-23-7-2-8-24-44/h1-42H. The average Bonchev–Trinajstić information content (AvgIpc) is 4.17. The zero-order valence-electron chi connectivity index (χ0n) is 38.0. The van der Waals surface area contributed by atoms with Gasteiger partial charge in [0.05, 0.1) is 55.8 Å². The van der Waals surface area contributed by atoms with Gasteiger partial charge in [0.25, 0.3) is 0 Å². The molecule has 70 heavy (non-hydrogen) atoms. The Hall–Kier alpha value is -9.38. The van der Waals surface area contributed by atoms with Gasteiger partial charge in [0, 0.05) is 65.6 Å². The van der Waals surface area contributed by atoms with Gasteiger partial charge in [0.15, 0.2) is 0 Å². The van der Waals surface area contributed by atoms with Gasteiger partial charge in [0.2, 0.25) is 0 Å². The zero-order chi connectivity index (χ0) is 45.9. The van der Waals surface area contributed by atoms with Gasteiger partial charge >= 0.3 is 0 Å². The Kier molecular flexibility index (Phi) is 8.33. The molecule has 0 saturated heterocycles. The second-order valence-electron chi connectivity index (χ2n) is 18.4. The summed E-state index contributed by atoms with van der Waals surface area (Å²) >= 11 is 0. The second kappa shape index (κ2) is 15.1. The lowest BCUT2D eigenvalue weighted by Crippen LogP contribution is -2.11. The molecule has 0 unspecified atom stereocenters. The Morgan fingerprint density at radius 1 is 0.243 bits per heavy atom. The monoisotopic (exact) mass is 890 g/mol. The molecule has 0 aliphatic heterocycles. The van der Waals surface area contributed by atoms with Gasteiger partial charge in [-0.15, -0.1) is 0 Å². The fourth-order valence-corrected chi connectivity index (χ4v) is 11.9. The summed E-state index contributed by atoms with van der Waals surface area (Å²) in [6.45, 7) is 0. The molecule has 15 rings (SSSR count). The summed E-state index contributed by atoms with van der Waals surface area (Å²) in [6.07, 6.45) is 0. The van der Waals surface area contributed by atoms with Crippen molar-refractivity contribution >= 4 is 110 Å². The summed E-state index contributed by atoms with van der Waals surface area (Å²) in [5.74, 6) is 0. The minimum Gasteiger partial charge on any atom is -0.309 e. The lowest BCUT2D eigenvalue weighted by Gasteiger charge is -2.28. The summed E-state index contributed by atoms with van der Waals surface area (Å²) in [7, 11) is 0. The molecule has 0 aliphatic rings. The van der Waals surface area contributed by atoms with Crippen molar-refractivity contribution in [3.63, 3.8) is 0 Å². The van der Waals surface area contributed by atoms with Gasteiger partial charge < -0.3 is 18.6 Å². The Morgan fingerprint density at radius 3 is 1.03 bits per heavy atom. The molecule has 4 heteroatoms. The topological polar surface area (TPSA) is 15.3 Å². The lowest BCUT2D eigenvalue weighted by atomic mass is 9.99. The molecular formula is C66H42N4. The number of aromatic nitrogens is 2. The SMILES string of the molecule is c1ccc(-c2ccccc2N(c2ccccc2)c2ccc3c4cc5c(cc4n4c6ccccc6c2c34)c2ccc(N(c3ccccc3)c3ccccc3-c3ccccc3)c3c4ccccc4n5c23)cc1. The van der Waals surface area contributed by atoms with Crippen LogP contribution in [0.1, 0.15) is 0 Å². The minimum atomic E-state index is 1.11. The first kappa shape index (κ1) is 38.7. The summed E-state index contributed by atoms with van der Waals surface area (Å²) < 4.78 is 5.08. The van der Waals surface area contributed by atoms with Crippen LogP contribution in [0.15, 0.2) is 255 Å². The van der Waals surface area contributed by atoms with Crippen molar-refractivity contribution in [2.75, 3.05) is 9.80 Å². The van der Waals surface area contributed by atoms with E-state index in [1.165, 1.54) is 98.4 Å². The summed E-state index contributed by atoms with van der Waals surface area (Å²) in [5, 5.41) is 9.93. The van der Waals surface area contributed by atoms with Crippen LogP contribution in [-0.4, -0.2) is 8.80 Å². The first-order valence-corrected chi connectivity index (χ1v) is 24.1. The number of para-hydroxylation sites is 6. The molecule has 0 saturated carbocycles. The molecule has 0 amide bonds. The van der Waals surface area contributed by atoms with E-state index in [9.17, 15) is 0 Å². The van der Waals surface area contributed by atoms with Gasteiger partial charge in [-0.1, -0.05) is 182 Å². The van der Waals surface area contributed by atoms with Crippen molar-refractivity contribution in [1.29, 1.82) is 0 Å². The molecular weight excluding hydrogens is 849 g/mol. The van der Waals surface area contributed by atoms with Crippen LogP contribution in [0.25, 0.3) is 98.4 Å². The number of fused-ring (bicyclic) bond motifs is 12. The van der Waals surface area contributed by atoms with Gasteiger partial charge in [-0.05, 0) is 83.9 Å². The quantitative estimate of drug-likeness (QED) is 0.151. The van der Waals surface area contributed by atoms with E-state index in [1.807, 2.05) is 0 Å². The van der Waals surface area contributed by atoms with Crippen molar-refractivity contribution in [3.8, 4) is 22.3 Å². The number of anilines is 6. The summed E-state index contributed by atoms with van der Waals surface area (Å²) in [4.78, 5) is 4.93. The molecule has 0 fully saturated rings. The number of benzene rings is 11. The molecule has 15 aromatic rings. The Balaban J connectivity index is 1.02. The van der Waals surface area contributed by atoms with Crippen LogP contribution in [0.2, 0.25) is 0 Å². The zero-order valence-corrected chi connectivity index (χ0v) is 38.0. The van der Waals surface area contributed by atoms with Crippen molar-refractivity contribution in [2.45, 2.75) is 0 Å². The van der Waals surface area contributed by atoms with E-state index in [1.54, 1.807) is 0 Å². The third-order valence-corrected chi connectivity index (χ3v) is 14.7. The van der Waals surface area contributed by atoms with Crippen LogP contribution in [0.3, 0.4) is 0 Å². The van der Waals surface area contributed by atoms with Gasteiger partial charge in [-0.2, -0.15) is 0 Å². The number of hydrogen-bond donors (Lipinski definition) is 0. The molecule has 326 valence electrons. The highest BCUT2D eigenvalue weighted by Gasteiger charge is 2.29. The van der Waals surface area contributed by atoms with Crippen molar-refractivity contribution < 1.29 is 0 Å². The lowest BCUT2D eigenvalue weighted by molar-refractivity contribution is 1.30. The highest BCUT2D eigenvalue weighted by Crippen LogP contribution is 2.52. The largest absolute Gasteiger partial charge is 0.309 e. The third-order valence-electron chi connectivity index (χ3n) is 14.7. The van der Waals surface area contributed by atoms with Gasteiger partial charge in [-0.25, -0.2) is 0 Å². The van der Waals surface area contributed by atoms with E-state index in [4.69, 9.17) is 0 Å². The van der Waals surface area contributed by atoms with E-state index in [0.29, 0.717) is 0 Å².